The van der Waals surface area contributed by atoms with Crippen molar-refractivity contribution in [3.63, 3.8) is 0 Å². The highest BCUT2D eigenvalue weighted by Crippen LogP contribution is 2.31. The molecule has 0 spiro atoms. The van der Waals surface area contributed by atoms with Crippen molar-refractivity contribution in [1.29, 1.82) is 0 Å². The lowest BCUT2D eigenvalue weighted by molar-refractivity contribution is -0.117. The quantitative estimate of drug-likeness (QED) is 0.359. The topological polar surface area (TPSA) is 104 Å². The Morgan fingerprint density at radius 1 is 0.946 bits per heavy atom. The van der Waals surface area contributed by atoms with Crippen molar-refractivity contribution in [2.45, 2.75) is 19.4 Å². The Morgan fingerprint density at radius 3 is 2.59 bits per heavy atom. The van der Waals surface area contributed by atoms with Gasteiger partial charge in [-0.3, -0.25) is 19.6 Å². The number of aromatic amines is 1. The molecule has 8 nitrogen and oxygen atoms in total. The molecule has 0 saturated carbocycles. The lowest BCUT2D eigenvalue weighted by atomic mass is 10.0. The second-order valence-electron chi connectivity index (χ2n) is 8.97. The summed E-state index contributed by atoms with van der Waals surface area (Å²) in [6.45, 7) is 1.11. The van der Waals surface area contributed by atoms with E-state index in [1.807, 2.05) is 71.9 Å². The molecule has 0 radical (unpaired) electrons. The Morgan fingerprint density at radius 2 is 1.81 bits per heavy atom. The molecule has 6 rings (SSSR count). The third-order valence-corrected chi connectivity index (χ3v) is 6.57. The summed E-state index contributed by atoms with van der Waals surface area (Å²) in [4.78, 5) is 43.0. The summed E-state index contributed by atoms with van der Waals surface area (Å²) in [5.74, 6) is -0.0487. The summed E-state index contributed by atoms with van der Waals surface area (Å²) in [5.41, 5.74) is 6.60. The number of rotatable bonds is 6. The van der Waals surface area contributed by atoms with E-state index in [1.54, 1.807) is 12.4 Å². The largest absolute Gasteiger partial charge is 0.345 e. The fraction of sp³-hybridized carbons (Fsp3) is 0.138. The van der Waals surface area contributed by atoms with E-state index in [2.05, 4.69) is 31.3 Å². The van der Waals surface area contributed by atoms with Crippen LogP contribution >= 0.6 is 0 Å². The molecule has 182 valence electrons. The number of hydrogen-bond donors (Lipinski definition) is 2. The molecule has 1 saturated heterocycles. The Balaban J connectivity index is 1.26. The van der Waals surface area contributed by atoms with E-state index >= 15 is 0 Å². The summed E-state index contributed by atoms with van der Waals surface area (Å²) in [5, 5.41) is 3.74. The van der Waals surface area contributed by atoms with Gasteiger partial charge in [-0.05, 0) is 60.0 Å². The second-order valence-corrected chi connectivity index (χ2v) is 8.97. The number of aromatic nitrogens is 4. The average molecular weight is 489 g/mol. The Labute approximate surface area is 213 Å². The Hall–Kier alpha value is -4.85. The third-order valence-electron chi connectivity index (χ3n) is 6.57. The number of carbonyl (C=O) groups is 2. The van der Waals surface area contributed by atoms with Gasteiger partial charge in [-0.15, -0.1) is 0 Å². The van der Waals surface area contributed by atoms with E-state index in [9.17, 15) is 9.59 Å². The summed E-state index contributed by atoms with van der Waals surface area (Å²) in [7, 11) is 0. The van der Waals surface area contributed by atoms with Gasteiger partial charge in [0.15, 0.2) is 0 Å². The molecule has 0 unspecified atom stereocenters. The van der Waals surface area contributed by atoms with Crippen LogP contribution in [0.5, 0.6) is 0 Å². The standard InChI is InChI=1S/C29H24N6O2/c36-27-5-3-13-35(27)23-8-6-19(7-9-23)20-14-21(17-30-16-20)24-10-12-32-28-25(24)15-26(34-28)29(37)33-18-22-4-1-2-11-31-22/h1-2,4,6-12,14-17H,3,5,13,18H2,(H,32,34)(H,33,37). The van der Waals surface area contributed by atoms with Gasteiger partial charge in [0, 0.05) is 60.0 Å². The second kappa shape index (κ2) is 9.66. The van der Waals surface area contributed by atoms with Gasteiger partial charge in [0.25, 0.3) is 5.91 Å². The van der Waals surface area contributed by atoms with Gasteiger partial charge < -0.3 is 15.2 Å². The molecule has 0 bridgehead atoms. The van der Waals surface area contributed by atoms with Crippen LogP contribution < -0.4 is 10.2 Å². The van der Waals surface area contributed by atoms with Crippen LogP contribution in [0.1, 0.15) is 29.0 Å². The normalized spacial score (nSPS) is 13.3. The minimum absolute atomic E-state index is 0.175. The number of amides is 2. The number of fused-ring (bicyclic) bond motifs is 1. The van der Waals surface area contributed by atoms with Crippen LogP contribution in [0, 0.1) is 0 Å². The highest BCUT2D eigenvalue weighted by molar-refractivity contribution is 6.02. The fourth-order valence-corrected chi connectivity index (χ4v) is 4.67. The van der Waals surface area contributed by atoms with Crippen LogP contribution in [0.4, 0.5) is 5.69 Å². The van der Waals surface area contributed by atoms with Crippen LogP contribution in [-0.2, 0) is 11.3 Å². The molecule has 2 N–H and O–H groups in total. The van der Waals surface area contributed by atoms with Gasteiger partial charge in [0.2, 0.25) is 5.91 Å². The SMILES string of the molecule is O=C(NCc1ccccn1)c1cc2c(-c3cncc(-c4ccc(N5CCCC5=O)cc4)c3)ccnc2[nH]1. The van der Waals surface area contributed by atoms with Crippen molar-refractivity contribution in [2.24, 2.45) is 0 Å². The first-order valence-corrected chi connectivity index (χ1v) is 12.2. The van der Waals surface area contributed by atoms with Crippen molar-refractivity contribution in [2.75, 3.05) is 11.4 Å². The zero-order chi connectivity index (χ0) is 25.2. The van der Waals surface area contributed by atoms with E-state index < -0.39 is 0 Å². The van der Waals surface area contributed by atoms with E-state index in [4.69, 9.17) is 0 Å². The summed E-state index contributed by atoms with van der Waals surface area (Å²) >= 11 is 0. The van der Waals surface area contributed by atoms with Gasteiger partial charge in [-0.1, -0.05) is 18.2 Å². The molecule has 1 aliphatic heterocycles. The molecular weight excluding hydrogens is 464 g/mol. The molecule has 37 heavy (non-hydrogen) atoms. The highest BCUT2D eigenvalue weighted by atomic mass is 16.2. The van der Waals surface area contributed by atoms with Crippen LogP contribution in [0.15, 0.2) is 85.5 Å². The number of H-pyrrole nitrogens is 1. The fourth-order valence-electron chi connectivity index (χ4n) is 4.67. The lowest BCUT2D eigenvalue weighted by Gasteiger charge is -2.16. The van der Waals surface area contributed by atoms with Gasteiger partial charge >= 0.3 is 0 Å². The monoisotopic (exact) mass is 488 g/mol. The minimum Gasteiger partial charge on any atom is -0.345 e. The Kier molecular flexibility index (Phi) is 5.90. The maximum Gasteiger partial charge on any atom is 0.268 e. The molecule has 0 aliphatic carbocycles. The molecule has 1 aromatic carbocycles. The number of benzene rings is 1. The predicted molar refractivity (Wildman–Crippen MR) is 142 cm³/mol. The Bertz CT molecular complexity index is 1590. The number of pyridine rings is 3. The molecule has 0 atom stereocenters. The van der Waals surface area contributed by atoms with Crippen LogP contribution in [0.2, 0.25) is 0 Å². The number of nitrogens with zero attached hydrogens (tertiary/aromatic N) is 4. The molecule has 1 fully saturated rings. The molecule has 5 heterocycles. The maximum absolute atomic E-state index is 12.8. The molecule has 4 aromatic heterocycles. The highest BCUT2D eigenvalue weighted by Gasteiger charge is 2.21. The first kappa shape index (κ1) is 22.6. The number of carbonyl (C=O) groups excluding carboxylic acids is 2. The van der Waals surface area contributed by atoms with Crippen LogP contribution in [0.25, 0.3) is 33.3 Å². The number of hydrogen-bond acceptors (Lipinski definition) is 5. The van der Waals surface area contributed by atoms with Gasteiger partial charge in [-0.2, -0.15) is 0 Å². The van der Waals surface area contributed by atoms with E-state index in [0.717, 1.165) is 52.0 Å². The minimum atomic E-state index is -0.224. The first-order chi connectivity index (χ1) is 18.2. The average Bonchev–Trinajstić information content (AvgIpc) is 3.59. The molecule has 1 aliphatic rings. The van der Waals surface area contributed by atoms with Crippen LogP contribution in [-0.4, -0.2) is 38.3 Å². The maximum atomic E-state index is 12.8. The lowest BCUT2D eigenvalue weighted by Crippen LogP contribution is -2.23. The first-order valence-electron chi connectivity index (χ1n) is 12.2. The molecule has 8 heteroatoms. The van der Waals surface area contributed by atoms with Crippen molar-refractivity contribution < 1.29 is 9.59 Å². The molecule has 2 amide bonds. The van der Waals surface area contributed by atoms with Crippen molar-refractivity contribution >= 4 is 28.5 Å². The van der Waals surface area contributed by atoms with E-state index in [1.165, 1.54) is 0 Å². The smallest absolute Gasteiger partial charge is 0.268 e. The van der Waals surface area contributed by atoms with Crippen LogP contribution in [0.3, 0.4) is 0 Å². The molecular formula is C29H24N6O2. The third kappa shape index (κ3) is 4.56. The molecule has 5 aromatic rings. The van der Waals surface area contributed by atoms with Gasteiger partial charge in [0.1, 0.15) is 11.3 Å². The summed E-state index contributed by atoms with van der Waals surface area (Å²) < 4.78 is 0. The number of anilines is 1. The van der Waals surface area contributed by atoms with Crippen molar-refractivity contribution in [3.05, 3.63) is 96.8 Å². The van der Waals surface area contributed by atoms with E-state index in [-0.39, 0.29) is 11.8 Å². The van der Waals surface area contributed by atoms with Gasteiger partial charge in [-0.25, -0.2) is 4.98 Å². The predicted octanol–water partition coefficient (Wildman–Crippen LogP) is 4.74. The van der Waals surface area contributed by atoms with Crippen molar-refractivity contribution in [1.82, 2.24) is 25.3 Å². The summed E-state index contributed by atoms with van der Waals surface area (Å²) in [6, 6.07) is 19.4. The zero-order valence-electron chi connectivity index (χ0n) is 20.0. The zero-order valence-corrected chi connectivity index (χ0v) is 20.0. The number of nitrogens with one attached hydrogen (secondary N) is 2. The van der Waals surface area contributed by atoms with Crippen molar-refractivity contribution in [3.8, 4) is 22.3 Å². The summed E-state index contributed by atoms with van der Waals surface area (Å²) in [6.07, 6.45) is 8.57. The van der Waals surface area contributed by atoms with Gasteiger partial charge in [0.05, 0.1) is 12.2 Å². The van der Waals surface area contributed by atoms with E-state index in [0.29, 0.717) is 24.3 Å².